The summed E-state index contributed by atoms with van der Waals surface area (Å²) >= 11 is 0. The number of hydrogen-bond donors (Lipinski definition) is 2. The van der Waals surface area contributed by atoms with Crippen LogP contribution in [-0.2, 0) is 4.74 Å². The van der Waals surface area contributed by atoms with Gasteiger partial charge in [0.25, 0.3) is 5.91 Å². The van der Waals surface area contributed by atoms with Gasteiger partial charge in [0.1, 0.15) is 0 Å². The van der Waals surface area contributed by atoms with E-state index in [0.29, 0.717) is 43.4 Å². The summed E-state index contributed by atoms with van der Waals surface area (Å²) in [6.45, 7) is 8.08. The lowest BCUT2D eigenvalue weighted by Gasteiger charge is -2.37. The van der Waals surface area contributed by atoms with E-state index in [1.54, 1.807) is 25.3 Å². The molecule has 1 heterocycles. The molecule has 2 N–H and O–H groups in total. The van der Waals surface area contributed by atoms with Gasteiger partial charge in [0.2, 0.25) is 0 Å². The molecule has 7 heteroatoms. The quantitative estimate of drug-likeness (QED) is 0.682. The maximum Gasteiger partial charge on any atom is 0.251 e. The first kappa shape index (κ1) is 22.5. The highest BCUT2D eigenvalue weighted by atomic mass is 35.5. The van der Waals surface area contributed by atoms with Crippen LogP contribution < -0.4 is 20.1 Å². The van der Waals surface area contributed by atoms with Crippen LogP contribution in [-0.4, -0.2) is 52.5 Å². The van der Waals surface area contributed by atoms with Crippen molar-refractivity contribution in [3.05, 3.63) is 23.8 Å². The van der Waals surface area contributed by atoms with Crippen LogP contribution in [0.1, 0.15) is 37.0 Å². The largest absolute Gasteiger partial charge is 0.490 e. The lowest BCUT2D eigenvalue weighted by atomic mass is 9.79. The Hall–Kier alpha value is -1.50. The molecule has 1 amide bonds. The molecule has 148 valence electrons. The number of hydrogen-bond acceptors (Lipinski definition) is 5. The molecule has 0 saturated carbocycles. The molecule has 1 aliphatic heterocycles. The van der Waals surface area contributed by atoms with Gasteiger partial charge in [-0.3, -0.25) is 4.79 Å². The van der Waals surface area contributed by atoms with Gasteiger partial charge >= 0.3 is 0 Å². The molecule has 1 saturated heterocycles. The Labute approximate surface area is 162 Å². The van der Waals surface area contributed by atoms with Gasteiger partial charge in [-0.15, -0.1) is 12.4 Å². The Morgan fingerprint density at radius 1 is 1.15 bits per heavy atom. The zero-order chi connectivity index (χ0) is 18.1. The minimum atomic E-state index is -0.0991. The summed E-state index contributed by atoms with van der Waals surface area (Å²) in [6.07, 6.45) is 1.99. The predicted octanol–water partition coefficient (Wildman–Crippen LogP) is 2.65. The fourth-order valence-corrected chi connectivity index (χ4v) is 3.20. The van der Waals surface area contributed by atoms with Crippen molar-refractivity contribution in [1.29, 1.82) is 0 Å². The normalized spacial score (nSPS) is 15.7. The standard InChI is InChI=1S/C19H30N2O4.ClH/c1-4-24-16-7-6-15(12-17(16)25-5-2)18(22)21-13-19(14-23-3)8-10-20-11-9-19;/h6-7,12,20H,4-5,8-11,13-14H2,1-3H3,(H,21,22);1H. The molecule has 2 rings (SSSR count). The van der Waals surface area contributed by atoms with Crippen molar-refractivity contribution >= 4 is 18.3 Å². The maximum absolute atomic E-state index is 12.6. The van der Waals surface area contributed by atoms with E-state index in [2.05, 4.69) is 10.6 Å². The zero-order valence-corrected chi connectivity index (χ0v) is 16.7. The molecule has 1 fully saturated rings. The molecular weight excluding hydrogens is 356 g/mol. The van der Waals surface area contributed by atoms with Gasteiger partial charge in [0.15, 0.2) is 11.5 Å². The minimum Gasteiger partial charge on any atom is -0.490 e. The van der Waals surface area contributed by atoms with E-state index in [9.17, 15) is 4.79 Å². The summed E-state index contributed by atoms with van der Waals surface area (Å²) in [7, 11) is 1.71. The van der Waals surface area contributed by atoms with Gasteiger partial charge in [0, 0.05) is 24.6 Å². The first-order valence-corrected chi connectivity index (χ1v) is 9.01. The van der Waals surface area contributed by atoms with Crippen LogP contribution in [0, 0.1) is 5.41 Å². The number of carbonyl (C=O) groups is 1. The average molecular weight is 387 g/mol. The lowest BCUT2D eigenvalue weighted by Crippen LogP contribution is -2.47. The number of amides is 1. The molecule has 0 aromatic heterocycles. The first-order chi connectivity index (χ1) is 12.1. The van der Waals surface area contributed by atoms with E-state index in [1.807, 2.05) is 13.8 Å². The van der Waals surface area contributed by atoms with Gasteiger partial charge < -0.3 is 24.8 Å². The third-order valence-electron chi connectivity index (χ3n) is 4.54. The Balaban J connectivity index is 0.00000338. The van der Waals surface area contributed by atoms with Crippen molar-refractivity contribution in [2.24, 2.45) is 5.41 Å². The molecule has 0 unspecified atom stereocenters. The second kappa shape index (κ2) is 11.3. The molecular formula is C19H31ClN2O4. The van der Waals surface area contributed by atoms with E-state index in [4.69, 9.17) is 14.2 Å². The Morgan fingerprint density at radius 3 is 2.42 bits per heavy atom. The van der Waals surface area contributed by atoms with Crippen LogP contribution in [0.4, 0.5) is 0 Å². The van der Waals surface area contributed by atoms with Gasteiger partial charge in [-0.1, -0.05) is 0 Å². The van der Waals surface area contributed by atoms with E-state index < -0.39 is 0 Å². The first-order valence-electron chi connectivity index (χ1n) is 9.01. The van der Waals surface area contributed by atoms with Crippen LogP contribution in [0.3, 0.4) is 0 Å². The number of benzene rings is 1. The number of rotatable bonds is 9. The summed E-state index contributed by atoms with van der Waals surface area (Å²) in [6, 6.07) is 5.31. The Kier molecular flexibility index (Phi) is 9.76. The number of halogens is 1. The number of carbonyl (C=O) groups excluding carboxylic acids is 1. The van der Waals surface area contributed by atoms with Crippen molar-refractivity contribution in [3.8, 4) is 11.5 Å². The highest BCUT2D eigenvalue weighted by molar-refractivity contribution is 5.94. The molecule has 6 nitrogen and oxygen atoms in total. The Bertz CT molecular complexity index is 557. The van der Waals surface area contributed by atoms with Gasteiger partial charge in [-0.25, -0.2) is 0 Å². The molecule has 0 radical (unpaired) electrons. The van der Waals surface area contributed by atoms with Crippen molar-refractivity contribution in [1.82, 2.24) is 10.6 Å². The maximum atomic E-state index is 12.6. The van der Waals surface area contributed by atoms with E-state index in [1.165, 1.54) is 0 Å². The van der Waals surface area contributed by atoms with Crippen molar-refractivity contribution in [2.75, 3.05) is 46.6 Å². The third kappa shape index (κ3) is 6.04. The van der Waals surface area contributed by atoms with Crippen LogP contribution in [0.5, 0.6) is 11.5 Å². The van der Waals surface area contributed by atoms with Crippen LogP contribution >= 0.6 is 12.4 Å². The molecule has 1 aliphatic rings. The second-order valence-electron chi connectivity index (χ2n) is 6.39. The molecule has 0 atom stereocenters. The summed E-state index contributed by atoms with van der Waals surface area (Å²) < 4.78 is 16.5. The summed E-state index contributed by atoms with van der Waals surface area (Å²) in [5, 5.41) is 6.43. The van der Waals surface area contributed by atoms with E-state index >= 15 is 0 Å². The molecule has 1 aromatic rings. The van der Waals surface area contributed by atoms with Gasteiger partial charge in [-0.05, 0) is 58.0 Å². The Morgan fingerprint density at radius 2 is 1.81 bits per heavy atom. The van der Waals surface area contributed by atoms with E-state index in [-0.39, 0.29) is 23.7 Å². The topological polar surface area (TPSA) is 68.8 Å². The number of piperidine rings is 1. The van der Waals surface area contributed by atoms with Crippen molar-refractivity contribution in [3.63, 3.8) is 0 Å². The number of ether oxygens (including phenoxy) is 3. The third-order valence-corrected chi connectivity index (χ3v) is 4.54. The fourth-order valence-electron chi connectivity index (χ4n) is 3.20. The summed E-state index contributed by atoms with van der Waals surface area (Å²) in [4.78, 5) is 12.6. The van der Waals surface area contributed by atoms with Crippen molar-refractivity contribution in [2.45, 2.75) is 26.7 Å². The van der Waals surface area contributed by atoms with Crippen LogP contribution in [0.15, 0.2) is 18.2 Å². The summed E-state index contributed by atoms with van der Waals surface area (Å²) in [5.41, 5.74) is 0.581. The van der Waals surface area contributed by atoms with Crippen LogP contribution in [0.25, 0.3) is 0 Å². The SMILES string of the molecule is CCOc1ccc(C(=O)NCC2(COC)CCNCC2)cc1OCC.Cl. The minimum absolute atomic E-state index is 0. The molecule has 0 aliphatic carbocycles. The van der Waals surface area contributed by atoms with Gasteiger partial charge in [-0.2, -0.15) is 0 Å². The molecule has 0 spiro atoms. The lowest BCUT2D eigenvalue weighted by molar-refractivity contribution is 0.0511. The highest BCUT2D eigenvalue weighted by Crippen LogP contribution is 2.30. The van der Waals surface area contributed by atoms with Crippen molar-refractivity contribution < 1.29 is 19.0 Å². The molecule has 0 bridgehead atoms. The molecule has 1 aromatic carbocycles. The average Bonchev–Trinajstić information content (AvgIpc) is 2.63. The zero-order valence-electron chi connectivity index (χ0n) is 15.9. The number of nitrogens with one attached hydrogen (secondary N) is 2. The highest BCUT2D eigenvalue weighted by Gasteiger charge is 2.32. The van der Waals surface area contributed by atoms with Gasteiger partial charge in [0.05, 0.1) is 19.8 Å². The second-order valence-corrected chi connectivity index (χ2v) is 6.39. The number of methoxy groups -OCH3 is 1. The van der Waals surface area contributed by atoms with Crippen LogP contribution in [0.2, 0.25) is 0 Å². The van der Waals surface area contributed by atoms with E-state index in [0.717, 1.165) is 25.9 Å². The predicted molar refractivity (Wildman–Crippen MR) is 105 cm³/mol. The smallest absolute Gasteiger partial charge is 0.251 e. The summed E-state index contributed by atoms with van der Waals surface area (Å²) in [5.74, 6) is 1.17. The fraction of sp³-hybridized carbons (Fsp3) is 0.632. The monoisotopic (exact) mass is 386 g/mol. The molecule has 26 heavy (non-hydrogen) atoms.